The molecule has 3 amide bonds. The molecule has 29 heavy (non-hydrogen) atoms. The standard InChI is InChI=1S/C21H17FN2O5/c22-16-7-3-14(4-8-16)20(26)15-5-9-17(10-6-15)29-13-19(25)24-21(27)23-12-18-2-1-11-28-18/h1-11H,12-13H2,(H2,23,24,25,27). The summed E-state index contributed by atoms with van der Waals surface area (Å²) in [5.74, 6) is -0.403. The van der Waals surface area contributed by atoms with E-state index in [4.69, 9.17) is 9.15 Å². The van der Waals surface area contributed by atoms with Gasteiger partial charge in [0, 0.05) is 11.1 Å². The van der Waals surface area contributed by atoms with Crippen LogP contribution in [0, 0.1) is 5.82 Å². The first-order valence-corrected chi connectivity index (χ1v) is 8.64. The van der Waals surface area contributed by atoms with E-state index in [-0.39, 0.29) is 18.9 Å². The van der Waals surface area contributed by atoms with Gasteiger partial charge in [0.15, 0.2) is 12.4 Å². The van der Waals surface area contributed by atoms with Crippen LogP contribution in [0.2, 0.25) is 0 Å². The predicted octanol–water partition coefficient (Wildman–Crippen LogP) is 3.05. The summed E-state index contributed by atoms with van der Waals surface area (Å²) in [6, 6.07) is 14.1. The molecule has 0 atom stereocenters. The molecule has 0 radical (unpaired) electrons. The molecule has 0 fully saturated rings. The number of imide groups is 1. The second-order valence-electron chi connectivity index (χ2n) is 5.96. The zero-order valence-electron chi connectivity index (χ0n) is 15.2. The number of carbonyl (C=O) groups is 3. The van der Waals surface area contributed by atoms with Crippen LogP contribution in [0.15, 0.2) is 71.3 Å². The van der Waals surface area contributed by atoms with Crippen LogP contribution in [0.4, 0.5) is 9.18 Å². The van der Waals surface area contributed by atoms with E-state index in [2.05, 4.69) is 10.6 Å². The molecule has 3 aromatic rings. The third kappa shape index (κ3) is 5.77. The Morgan fingerprint density at radius 3 is 2.21 bits per heavy atom. The Morgan fingerprint density at radius 1 is 0.931 bits per heavy atom. The van der Waals surface area contributed by atoms with Gasteiger partial charge in [-0.05, 0) is 60.7 Å². The van der Waals surface area contributed by atoms with E-state index in [9.17, 15) is 18.8 Å². The van der Waals surface area contributed by atoms with Gasteiger partial charge in [0.05, 0.1) is 12.8 Å². The third-order valence-corrected chi connectivity index (χ3v) is 3.85. The molecule has 1 heterocycles. The molecule has 2 N–H and O–H groups in total. The van der Waals surface area contributed by atoms with Gasteiger partial charge in [-0.1, -0.05) is 0 Å². The highest BCUT2D eigenvalue weighted by Gasteiger charge is 2.11. The zero-order valence-corrected chi connectivity index (χ0v) is 15.2. The van der Waals surface area contributed by atoms with Gasteiger partial charge >= 0.3 is 6.03 Å². The number of ketones is 1. The Bertz CT molecular complexity index is 983. The lowest BCUT2D eigenvalue weighted by atomic mass is 10.0. The van der Waals surface area contributed by atoms with E-state index in [1.165, 1.54) is 54.8 Å². The molecule has 0 aliphatic heterocycles. The summed E-state index contributed by atoms with van der Waals surface area (Å²) in [4.78, 5) is 35.7. The van der Waals surface area contributed by atoms with Gasteiger partial charge in [0.1, 0.15) is 17.3 Å². The Balaban J connectivity index is 1.45. The Labute approximate surface area is 165 Å². The number of furan rings is 1. The van der Waals surface area contributed by atoms with Crippen LogP contribution in [0.5, 0.6) is 5.75 Å². The van der Waals surface area contributed by atoms with Crippen molar-refractivity contribution in [3.8, 4) is 5.75 Å². The molecule has 3 rings (SSSR count). The van der Waals surface area contributed by atoms with Gasteiger partial charge in [0.25, 0.3) is 5.91 Å². The molecule has 0 unspecified atom stereocenters. The molecule has 2 aromatic carbocycles. The van der Waals surface area contributed by atoms with Crippen molar-refractivity contribution in [2.24, 2.45) is 0 Å². The number of benzene rings is 2. The lowest BCUT2D eigenvalue weighted by molar-refractivity contribution is -0.122. The minimum atomic E-state index is -0.671. The number of hydrogen-bond acceptors (Lipinski definition) is 5. The molecule has 7 nitrogen and oxygen atoms in total. The van der Waals surface area contributed by atoms with E-state index in [1.807, 2.05) is 0 Å². The fraction of sp³-hybridized carbons (Fsp3) is 0.0952. The Hall–Kier alpha value is -3.94. The van der Waals surface area contributed by atoms with Crippen molar-refractivity contribution in [3.05, 3.63) is 89.6 Å². The smallest absolute Gasteiger partial charge is 0.321 e. The number of hydrogen-bond donors (Lipinski definition) is 2. The van der Waals surface area contributed by atoms with Gasteiger partial charge in [-0.15, -0.1) is 0 Å². The van der Waals surface area contributed by atoms with E-state index < -0.39 is 17.8 Å². The summed E-state index contributed by atoms with van der Waals surface area (Å²) in [5, 5.41) is 4.60. The maximum Gasteiger partial charge on any atom is 0.321 e. The van der Waals surface area contributed by atoms with Crippen LogP contribution in [0.25, 0.3) is 0 Å². The summed E-state index contributed by atoms with van der Waals surface area (Å²) in [6.45, 7) is -0.226. The van der Waals surface area contributed by atoms with Crippen molar-refractivity contribution in [1.29, 1.82) is 0 Å². The highest BCUT2D eigenvalue weighted by Crippen LogP contribution is 2.16. The number of carbonyl (C=O) groups excluding carboxylic acids is 3. The Kier molecular flexibility index (Phi) is 6.36. The van der Waals surface area contributed by atoms with E-state index in [0.29, 0.717) is 22.6 Å². The van der Waals surface area contributed by atoms with Crippen LogP contribution >= 0.6 is 0 Å². The monoisotopic (exact) mass is 396 g/mol. The van der Waals surface area contributed by atoms with Crippen molar-refractivity contribution in [2.75, 3.05) is 6.61 Å². The van der Waals surface area contributed by atoms with Crippen molar-refractivity contribution >= 4 is 17.7 Å². The second-order valence-corrected chi connectivity index (χ2v) is 5.96. The van der Waals surface area contributed by atoms with Crippen LogP contribution in [0.3, 0.4) is 0 Å². The van der Waals surface area contributed by atoms with Crippen molar-refractivity contribution in [1.82, 2.24) is 10.6 Å². The highest BCUT2D eigenvalue weighted by atomic mass is 19.1. The number of nitrogens with one attached hydrogen (secondary N) is 2. The van der Waals surface area contributed by atoms with Gasteiger partial charge in [-0.25, -0.2) is 9.18 Å². The van der Waals surface area contributed by atoms with E-state index >= 15 is 0 Å². The summed E-state index contributed by atoms with van der Waals surface area (Å²) >= 11 is 0. The number of rotatable bonds is 7. The minimum absolute atomic E-state index is 0.149. The first-order valence-electron chi connectivity index (χ1n) is 8.64. The van der Waals surface area contributed by atoms with Crippen molar-refractivity contribution in [3.63, 3.8) is 0 Å². The predicted molar refractivity (Wildman–Crippen MR) is 101 cm³/mol. The van der Waals surface area contributed by atoms with E-state index in [1.54, 1.807) is 12.1 Å². The molecule has 0 spiro atoms. The molecule has 0 aliphatic rings. The van der Waals surface area contributed by atoms with E-state index in [0.717, 1.165) is 0 Å². The first kappa shape index (κ1) is 19.8. The van der Waals surface area contributed by atoms with Crippen molar-refractivity contribution < 1.29 is 27.9 Å². The lowest BCUT2D eigenvalue weighted by Crippen LogP contribution is -2.41. The molecular weight excluding hydrogens is 379 g/mol. The fourth-order valence-electron chi connectivity index (χ4n) is 2.41. The molecular formula is C21H17FN2O5. The van der Waals surface area contributed by atoms with Crippen LogP contribution < -0.4 is 15.4 Å². The molecule has 0 bridgehead atoms. The molecule has 0 saturated carbocycles. The van der Waals surface area contributed by atoms with Gasteiger partial charge < -0.3 is 14.5 Å². The van der Waals surface area contributed by atoms with Gasteiger partial charge in [-0.3, -0.25) is 14.9 Å². The van der Waals surface area contributed by atoms with Crippen molar-refractivity contribution in [2.45, 2.75) is 6.54 Å². The maximum absolute atomic E-state index is 13.0. The topological polar surface area (TPSA) is 97.6 Å². The Morgan fingerprint density at radius 2 is 1.59 bits per heavy atom. The average Bonchev–Trinajstić information content (AvgIpc) is 3.25. The number of urea groups is 1. The fourth-order valence-corrected chi connectivity index (χ4v) is 2.41. The van der Waals surface area contributed by atoms with Gasteiger partial charge in [-0.2, -0.15) is 0 Å². The third-order valence-electron chi connectivity index (χ3n) is 3.85. The minimum Gasteiger partial charge on any atom is -0.484 e. The molecule has 148 valence electrons. The van der Waals surface area contributed by atoms with Crippen LogP contribution in [0.1, 0.15) is 21.7 Å². The van der Waals surface area contributed by atoms with Crippen LogP contribution in [-0.4, -0.2) is 24.3 Å². The summed E-state index contributed by atoms with van der Waals surface area (Å²) in [6.07, 6.45) is 1.48. The average molecular weight is 396 g/mol. The first-order chi connectivity index (χ1) is 14.0. The number of halogens is 1. The molecule has 8 heteroatoms. The normalized spacial score (nSPS) is 10.2. The number of amides is 3. The highest BCUT2D eigenvalue weighted by molar-refractivity contribution is 6.09. The molecule has 0 aliphatic carbocycles. The van der Waals surface area contributed by atoms with Gasteiger partial charge in [0.2, 0.25) is 0 Å². The second kappa shape index (κ2) is 9.32. The lowest BCUT2D eigenvalue weighted by Gasteiger charge is -2.08. The molecule has 1 aromatic heterocycles. The quantitative estimate of drug-likeness (QED) is 0.598. The summed E-state index contributed by atoms with van der Waals surface area (Å²) in [7, 11) is 0. The van der Waals surface area contributed by atoms with Crippen LogP contribution in [-0.2, 0) is 11.3 Å². The zero-order chi connectivity index (χ0) is 20.6. The number of ether oxygens (including phenoxy) is 1. The summed E-state index contributed by atoms with van der Waals surface area (Å²) in [5.41, 5.74) is 0.755. The molecule has 0 saturated heterocycles. The maximum atomic E-state index is 13.0. The SMILES string of the molecule is O=C(COc1ccc(C(=O)c2ccc(F)cc2)cc1)NC(=O)NCc1ccco1. The summed E-state index contributed by atoms with van der Waals surface area (Å²) < 4.78 is 23.3. The largest absolute Gasteiger partial charge is 0.484 e.